The van der Waals surface area contributed by atoms with E-state index < -0.39 is 0 Å². The van der Waals surface area contributed by atoms with Crippen LogP contribution in [0, 0.1) is 6.92 Å². The Hall–Kier alpha value is -3.46. The summed E-state index contributed by atoms with van der Waals surface area (Å²) in [6, 6.07) is 8.95. The van der Waals surface area contributed by atoms with Gasteiger partial charge in [0.15, 0.2) is 0 Å². The fourth-order valence-corrected chi connectivity index (χ4v) is 4.16. The predicted molar refractivity (Wildman–Crippen MR) is 125 cm³/mol. The molecule has 9 heteroatoms. The first-order chi connectivity index (χ1) is 16.0. The molecule has 0 bridgehead atoms. The van der Waals surface area contributed by atoms with Gasteiger partial charge in [-0.2, -0.15) is 0 Å². The Morgan fingerprint density at radius 1 is 1.24 bits per heavy atom. The monoisotopic (exact) mass is 451 g/mol. The zero-order chi connectivity index (χ0) is 23.4. The molecule has 0 aliphatic carbocycles. The zero-order valence-electron chi connectivity index (χ0n) is 19.0. The normalized spacial score (nSPS) is 15.0. The van der Waals surface area contributed by atoms with Gasteiger partial charge in [0.05, 0.1) is 30.7 Å². The van der Waals surface area contributed by atoms with Crippen LogP contribution in [0.4, 0.5) is 5.95 Å². The van der Waals surface area contributed by atoms with E-state index in [0.29, 0.717) is 36.9 Å². The molecule has 33 heavy (non-hydrogen) atoms. The van der Waals surface area contributed by atoms with Crippen LogP contribution in [0.3, 0.4) is 0 Å². The van der Waals surface area contributed by atoms with Gasteiger partial charge in [-0.25, -0.2) is 4.98 Å². The van der Waals surface area contributed by atoms with Gasteiger partial charge < -0.3 is 19.7 Å². The van der Waals surface area contributed by atoms with Gasteiger partial charge in [0.1, 0.15) is 17.7 Å². The number of likely N-dealkylation sites (tertiary alicyclic amines) is 1. The first-order valence-electron chi connectivity index (χ1n) is 11.2. The third kappa shape index (κ3) is 5.31. The van der Waals surface area contributed by atoms with E-state index in [1.807, 2.05) is 24.5 Å². The fraction of sp³-hybridized carbons (Fsp3) is 0.417. The summed E-state index contributed by atoms with van der Waals surface area (Å²) in [7, 11) is 0. The number of hydrogen-bond donors (Lipinski definition) is 2. The minimum absolute atomic E-state index is 0.118. The minimum atomic E-state index is -0.192. The van der Waals surface area contributed by atoms with Crippen molar-refractivity contribution in [1.29, 1.82) is 0 Å². The van der Waals surface area contributed by atoms with Crippen LogP contribution in [0.2, 0.25) is 0 Å². The number of benzene rings is 1. The van der Waals surface area contributed by atoms with Gasteiger partial charge in [-0.15, -0.1) is 0 Å². The van der Waals surface area contributed by atoms with E-state index in [4.69, 9.17) is 9.72 Å². The van der Waals surface area contributed by atoms with E-state index in [0.717, 1.165) is 48.9 Å². The Bertz CT molecular complexity index is 1150. The van der Waals surface area contributed by atoms with Crippen molar-refractivity contribution >= 4 is 29.2 Å². The maximum atomic E-state index is 11.8. The number of aromatic hydroxyl groups is 1. The number of rotatable bonds is 8. The van der Waals surface area contributed by atoms with Crippen LogP contribution in [0.1, 0.15) is 41.5 Å². The molecule has 4 rings (SSSR count). The zero-order valence-corrected chi connectivity index (χ0v) is 19.0. The van der Waals surface area contributed by atoms with E-state index in [1.165, 1.54) is 0 Å². The van der Waals surface area contributed by atoms with Gasteiger partial charge >= 0.3 is 5.97 Å². The molecule has 0 radical (unpaired) electrons. The molecule has 2 aromatic heterocycles. The highest BCUT2D eigenvalue weighted by atomic mass is 16.5. The molecule has 0 saturated carbocycles. The molecule has 1 aliphatic rings. The lowest BCUT2D eigenvalue weighted by Crippen LogP contribution is -2.42. The number of aromatic nitrogens is 3. The quantitative estimate of drug-likeness (QED) is 0.397. The van der Waals surface area contributed by atoms with Crippen molar-refractivity contribution in [2.45, 2.75) is 39.3 Å². The van der Waals surface area contributed by atoms with Gasteiger partial charge in [0.2, 0.25) is 5.95 Å². The van der Waals surface area contributed by atoms with Crippen LogP contribution in [-0.2, 0) is 16.1 Å². The summed E-state index contributed by atoms with van der Waals surface area (Å²) in [6.45, 7) is 6.28. The Kier molecular flexibility index (Phi) is 6.88. The number of carbonyl (C=O) groups excluding carboxylic acids is 2. The number of nitrogens with one attached hydrogen (secondary N) is 1. The van der Waals surface area contributed by atoms with Crippen molar-refractivity contribution in [2.24, 2.45) is 0 Å². The van der Waals surface area contributed by atoms with E-state index >= 15 is 0 Å². The topological polar surface area (TPSA) is 110 Å². The largest absolute Gasteiger partial charge is 0.506 e. The van der Waals surface area contributed by atoms with Gasteiger partial charge in [0.25, 0.3) is 0 Å². The average Bonchev–Trinajstić information content (AvgIpc) is 3.13. The standard InChI is InChI=1S/C24H29N5O4/c1-3-33-23(32)14-28-10-8-18(9-11-28)26-24-27-19-6-5-17(15-30)12-21(19)29(24)13-20-22(31)7-4-16(2)25-20/h4-7,12,15,18,31H,3,8-11,13-14H2,1-2H3,(H,26,27). The number of anilines is 1. The number of pyridine rings is 1. The second-order valence-electron chi connectivity index (χ2n) is 8.31. The fourth-order valence-electron chi connectivity index (χ4n) is 4.16. The van der Waals surface area contributed by atoms with Gasteiger partial charge in [0, 0.05) is 30.4 Å². The predicted octanol–water partition coefficient (Wildman–Crippen LogP) is 2.75. The lowest BCUT2D eigenvalue weighted by molar-refractivity contribution is -0.144. The molecule has 1 saturated heterocycles. The second-order valence-corrected chi connectivity index (χ2v) is 8.31. The van der Waals surface area contributed by atoms with Gasteiger partial charge in [-0.05, 0) is 57.0 Å². The summed E-state index contributed by atoms with van der Waals surface area (Å²) in [6.07, 6.45) is 2.53. The highest BCUT2D eigenvalue weighted by Crippen LogP contribution is 2.26. The van der Waals surface area contributed by atoms with Crippen LogP contribution in [0.15, 0.2) is 30.3 Å². The van der Waals surface area contributed by atoms with Crippen LogP contribution in [-0.4, -0.2) is 69.1 Å². The van der Waals surface area contributed by atoms with Gasteiger partial charge in [-0.1, -0.05) is 0 Å². The molecule has 2 N–H and O–H groups in total. The van der Waals surface area contributed by atoms with Crippen LogP contribution >= 0.6 is 0 Å². The number of piperidine rings is 1. The Labute approximate surface area is 192 Å². The van der Waals surface area contributed by atoms with Crippen molar-refractivity contribution in [2.75, 3.05) is 31.6 Å². The van der Waals surface area contributed by atoms with Crippen molar-refractivity contribution in [3.8, 4) is 5.75 Å². The maximum absolute atomic E-state index is 11.8. The second kappa shape index (κ2) is 9.99. The van der Waals surface area contributed by atoms with Crippen LogP contribution in [0.25, 0.3) is 11.0 Å². The van der Waals surface area contributed by atoms with Gasteiger partial charge in [-0.3, -0.25) is 19.5 Å². The molecule has 0 unspecified atom stereocenters. The summed E-state index contributed by atoms with van der Waals surface area (Å²) in [5.41, 5.74) is 3.46. The molecule has 3 heterocycles. The molecule has 174 valence electrons. The number of aldehydes is 1. The van der Waals surface area contributed by atoms with E-state index in [1.54, 1.807) is 24.3 Å². The molecular weight excluding hydrogens is 422 g/mol. The summed E-state index contributed by atoms with van der Waals surface area (Å²) in [5.74, 6) is 0.592. The summed E-state index contributed by atoms with van der Waals surface area (Å²) in [5, 5.41) is 13.9. The molecule has 3 aromatic rings. The van der Waals surface area contributed by atoms with Crippen LogP contribution < -0.4 is 5.32 Å². The number of ether oxygens (including phenoxy) is 1. The molecule has 0 atom stereocenters. The molecule has 0 spiro atoms. The van der Waals surface area contributed by atoms with Crippen molar-refractivity contribution in [3.05, 3.63) is 47.3 Å². The lowest BCUT2D eigenvalue weighted by Gasteiger charge is -2.31. The Morgan fingerprint density at radius 3 is 2.76 bits per heavy atom. The van der Waals surface area contributed by atoms with Crippen molar-refractivity contribution in [3.63, 3.8) is 0 Å². The number of aryl methyl sites for hydroxylation is 1. The van der Waals surface area contributed by atoms with E-state index in [2.05, 4.69) is 15.2 Å². The first kappa shape index (κ1) is 22.7. The average molecular weight is 452 g/mol. The molecule has 1 aromatic carbocycles. The molecule has 9 nitrogen and oxygen atoms in total. The smallest absolute Gasteiger partial charge is 0.320 e. The number of fused-ring (bicyclic) bond motifs is 1. The summed E-state index contributed by atoms with van der Waals surface area (Å²) < 4.78 is 7.00. The Balaban J connectivity index is 1.56. The number of imidazole rings is 1. The highest BCUT2D eigenvalue weighted by Gasteiger charge is 2.23. The number of carbonyl (C=O) groups is 2. The van der Waals surface area contributed by atoms with E-state index in [-0.39, 0.29) is 17.8 Å². The first-order valence-corrected chi connectivity index (χ1v) is 11.2. The summed E-state index contributed by atoms with van der Waals surface area (Å²) in [4.78, 5) is 34.5. The maximum Gasteiger partial charge on any atom is 0.320 e. The van der Waals surface area contributed by atoms with Crippen molar-refractivity contribution < 1.29 is 19.4 Å². The van der Waals surface area contributed by atoms with Crippen LogP contribution in [0.5, 0.6) is 5.75 Å². The number of nitrogens with zero attached hydrogens (tertiary/aromatic N) is 4. The highest BCUT2D eigenvalue weighted by molar-refractivity contribution is 5.86. The SMILES string of the molecule is CCOC(=O)CN1CCC(Nc2nc3ccc(C=O)cc3n2Cc2nc(C)ccc2O)CC1. The molecule has 1 fully saturated rings. The number of hydrogen-bond acceptors (Lipinski definition) is 8. The van der Waals surface area contributed by atoms with Crippen molar-refractivity contribution in [1.82, 2.24) is 19.4 Å². The number of esters is 1. The molecule has 1 aliphatic heterocycles. The van der Waals surface area contributed by atoms with E-state index in [9.17, 15) is 14.7 Å². The third-order valence-corrected chi connectivity index (χ3v) is 5.88. The Morgan fingerprint density at radius 2 is 2.03 bits per heavy atom. The lowest BCUT2D eigenvalue weighted by atomic mass is 10.1. The minimum Gasteiger partial charge on any atom is -0.506 e. The third-order valence-electron chi connectivity index (χ3n) is 5.88. The molecular formula is C24H29N5O4. The summed E-state index contributed by atoms with van der Waals surface area (Å²) >= 11 is 0. The molecule has 0 amide bonds.